The lowest BCUT2D eigenvalue weighted by molar-refractivity contribution is -0.137. The minimum absolute atomic E-state index is 0.0288. The molecule has 0 saturated heterocycles. The van der Waals surface area contributed by atoms with E-state index in [-0.39, 0.29) is 12.4 Å². The number of rotatable bonds is 5. The Morgan fingerprint density at radius 1 is 1.47 bits per heavy atom. The van der Waals surface area contributed by atoms with Gasteiger partial charge in [0.15, 0.2) is 0 Å². The van der Waals surface area contributed by atoms with Gasteiger partial charge in [-0.15, -0.1) is 5.10 Å². The van der Waals surface area contributed by atoms with E-state index in [1.165, 1.54) is 17.3 Å². The van der Waals surface area contributed by atoms with Crippen LogP contribution in [0.5, 0.6) is 0 Å². The number of nitrogens with zero attached hydrogens (tertiary/aromatic N) is 4. The van der Waals surface area contributed by atoms with Crippen molar-refractivity contribution < 1.29 is 14.7 Å². The summed E-state index contributed by atoms with van der Waals surface area (Å²) < 4.78 is 0. The summed E-state index contributed by atoms with van der Waals surface area (Å²) in [5.74, 6) is -0.767. The molecule has 17 heavy (non-hydrogen) atoms. The van der Waals surface area contributed by atoms with E-state index in [2.05, 4.69) is 20.5 Å². The molecule has 0 radical (unpaired) electrons. The Balaban J connectivity index is 2.34. The number of carbonyl (C=O) groups excluding carboxylic acids is 1. The highest BCUT2D eigenvalue weighted by atomic mass is 16.4. The third kappa shape index (κ3) is 4.87. The van der Waals surface area contributed by atoms with Gasteiger partial charge in [0, 0.05) is 20.0 Å². The molecule has 0 aromatic carbocycles. The van der Waals surface area contributed by atoms with Gasteiger partial charge in [0.25, 0.3) is 5.95 Å². The Morgan fingerprint density at radius 3 is 2.82 bits per heavy atom. The topological polar surface area (TPSA) is 108 Å². The van der Waals surface area contributed by atoms with Crippen LogP contribution < -0.4 is 5.32 Å². The van der Waals surface area contributed by atoms with Crippen LogP contribution in [0, 0.1) is 0 Å². The summed E-state index contributed by atoms with van der Waals surface area (Å²) in [6.45, 7) is 0.346. The van der Waals surface area contributed by atoms with Gasteiger partial charge in [0.1, 0.15) is 0 Å². The van der Waals surface area contributed by atoms with Crippen LogP contribution in [0.1, 0.15) is 12.8 Å². The predicted molar refractivity (Wildman–Crippen MR) is 58.3 cm³/mol. The molecule has 8 nitrogen and oxygen atoms in total. The molecule has 0 spiro atoms. The van der Waals surface area contributed by atoms with Crippen LogP contribution in [-0.2, 0) is 4.79 Å². The summed E-state index contributed by atoms with van der Waals surface area (Å²) in [6, 6.07) is -0.400. The third-order valence-corrected chi connectivity index (χ3v) is 1.93. The molecule has 2 N–H and O–H groups in total. The van der Waals surface area contributed by atoms with E-state index in [9.17, 15) is 9.59 Å². The highest BCUT2D eigenvalue weighted by molar-refractivity contribution is 5.87. The van der Waals surface area contributed by atoms with Crippen molar-refractivity contribution in [2.24, 2.45) is 0 Å². The number of amides is 2. The lowest BCUT2D eigenvalue weighted by Crippen LogP contribution is -2.33. The quantitative estimate of drug-likeness (QED) is 0.759. The first-order valence-corrected chi connectivity index (χ1v) is 4.97. The fraction of sp³-hybridized carbons (Fsp3) is 0.444. The number of nitrogens with one attached hydrogen (secondary N) is 1. The van der Waals surface area contributed by atoms with Crippen LogP contribution in [0.15, 0.2) is 12.4 Å². The zero-order valence-corrected chi connectivity index (χ0v) is 9.33. The molecule has 0 aliphatic carbocycles. The number of aromatic nitrogens is 3. The van der Waals surface area contributed by atoms with Crippen molar-refractivity contribution in [2.75, 3.05) is 18.9 Å². The number of carboxylic acid groups (broad SMARTS) is 1. The second kappa shape index (κ2) is 6.36. The Kier molecular flexibility index (Phi) is 4.79. The molecule has 0 atom stereocenters. The highest BCUT2D eigenvalue weighted by Gasteiger charge is 2.10. The number of carboxylic acids is 1. The van der Waals surface area contributed by atoms with Gasteiger partial charge in [-0.25, -0.2) is 9.78 Å². The zero-order chi connectivity index (χ0) is 12.7. The van der Waals surface area contributed by atoms with Gasteiger partial charge >= 0.3 is 12.0 Å². The molecule has 8 heteroatoms. The standard InChI is InChI=1S/C9H13N5O3/c1-14(6-2-3-7(15)16)9(17)12-8-10-4-5-11-13-8/h4-5H,2-3,6H2,1H3,(H,15,16)(H,10,12,13,17). The Labute approximate surface area is 97.7 Å². The van der Waals surface area contributed by atoms with Crippen molar-refractivity contribution in [3.63, 3.8) is 0 Å². The van der Waals surface area contributed by atoms with Gasteiger partial charge < -0.3 is 10.0 Å². The fourth-order valence-electron chi connectivity index (χ4n) is 1.06. The Hall–Kier alpha value is -2.25. The predicted octanol–water partition coefficient (Wildman–Crippen LogP) is 0.200. The lowest BCUT2D eigenvalue weighted by atomic mass is 10.3. The van der Waals surface area contributed by atoms with Crippen LogP contribution in [0.25, 0.3) is 0 Å². The number of aliphatic carboxylic acids is 1. The van der Waals surface area contributed by atoms with Gasteiger partial charge in [-0.2, -0.15) is 5.10 Å². The molecule has 1 aromatic rings. The van der Waals surface area contributed by atoms with Crippen molar-refractivity contribution >= 4 is 17.9 Å². The normalized spacial score (nSPS) is 9.71. The summed E-state index contributed by atoms with van der Waals surface area (Å²) in [6.07, 6.45) is 3.23. The number of urea groups is 1. The number of hydrogen-bond donors (Lipinski definition) is 2. The van der Waals surface area contributed by atoms with Gasteiger partial charge in [-0.3, -0.25) is 10.1 Å². The minimum Gasteiger partial charge on any atom is -0.481 e. The summed E-state index contributed by atoms with van der Waals surface area (Å²) in [7, 11) is 1.56. The van der Waals surface area contributed by atoms with Crippen LogP contribution in [0.3, 0.4) is 0 Å². The second-order valence-corrected chi connectivity index (χ2v) is 3.32. The highest BCUT2D eigenvalue weighted by Crippen LogP contribution is 1.98. The van der Waals surface area contributed by atoms with Crippen LogP contribution in [-0.4, -0.2) is 50.8 Å². The van der Waals surface area contributed by atoms with E-state index in [4.69, 9.17) is 5.11 Å². The van der Waals surface area contributed by atoms with E-state index >= 15 is 0 Å². The summed E-state index contributed by atoms with van der Waals surface area (Å²) >= 11 is 0. The van der Waals surface area contributed by atoms with E-state index in [0.717, 1.165) is 0 Å². The molecule has 0 unspecified atom stereocenters. The molecule has 0 aliphatic heterocycles. The average Bonchev–Trinajstić information content (AvgIpc) is 2.29. The molecule has 2 amide bonds. The van der Waals surface area contributed by atoms with Crippen molar-refractivity contribution in [1.29, 1.82) is 0 Å². The van der Waals surface area contributed by atoms with E-state index in [1.54, 1.807) is 7.05 Å². The molecule has 0 fully saturated rings. The van der Waals surface area contributed by atoms with Crippen molar-refractivity contribution in [3.05, 3.63) is 12.4 Å². The van der Waals surface area contributed by atoms with Crippen molar-refractivity contribution in [2.45, 2.75) is 12.8 Å². The van der Waals surface area contributed by atoms with Crippen molar-refractivity contribution in [1.82, 2.24) is 20.1 Å². The lowest BCUT2D eigenvalue weighted by Gasteiger charge is -2.16. The molecule has 1 rings (SSSR count). The minimum atomic E-state index is -0.880. The summed E-state index contributed by atoms with van der Waals surface area (Å²) in [5.41, 5.74) is 0. The maximum Gasteiger partial charge on any atom is 0.324 e. The fourth-order valence-corrected chi connectivity index (χ4v) is 1.06. The molecule has 92 valence electrons. The molecule has 1 heterocycles. The van der Waals surface area contributed by atoms with Crippen LogP contribution in [0.4, 0.5) is 10.7 Å². The Morgan fingerprint density at radius 2 is 2.24 bits per heavy atom. The summed E-state index contributed by atoms with van der Waals surface area (Å²) in [4.78, 5) is 27.0. The van der Waals surface area contributed by atoms with Gasteiger partial charge in [-0.05, 0) is 6.42 Å². The molecular formula is C9H13N5O3. The maximum absolute atomic E-state index is 11.5. The van der Waals surface area contributed by atoms with Gasteiger partial charge in [0.05, 0.1) is 12.4 Å². The third-order valence-electron chi connectivity index (χ3n) is 1.93. The van der Waals surface area contributed by atoms with E-state index in [1.807, 2.05) is 0 Å². The molecular weight excluding hydrogens is 226 g/mol. The van der Waals surface area contributed by atoms with Gasteiger partial charge in [-0.1, -0.05) is 0 Å². The maximum atomic E-state index is 11.5. The molecule has 0 aliphatic rings. The first-order valence-electron chi connectivity index (χ1n) is 4.97. The number of carbonyl (C=O) groups is 2. The van der Waals surface area contributed by atoms with E-state index in [0.29, 0.717) is 13.0 Å². The monoisotopic (exact) mass is 239 g/mol. The van der Waals surface area contributed by atoms with Crippen molar-refractivity contribution in [3.8, 4) is 0 Å². The Bertz CT molecular complexity index is 383. The largest absolute Gasteiger partial charge is 0.481 e. The SMILES string of the molecule is CN(CCCC(=O)O)C(=O)Nc1nccnn1. The first-order chi connectivity index (χ1) is 8.09. The summed E-state index contributed by atoms with van der Waals surface area (Å²) in [5, 5.41) is 18.0. The molecule has 0 saturated carbocycles. The van der Waals surface area contributed by atoms with Gasteiger partial charge in [0.2, 0.25) is 0 Å². The number of hydrogen-bond acceptors (Lipinski definition) is 5. The average molecular weight is 239 g/mol. The van der Waals surface area contributed by atoms with Crippen LogP contribution in [0.2, 0.25) is 0 Å². The van der Waals surface area contributed by atoms with E-state index < -0.39 is 12.0 Å². The smallest absolute Gasteiger partial charge is 0.324 e. The zero-order valence-electron chi connectivity index (χ0n) is 9.33. The number of anilines is 1. The molecule has 0 bridgehead atoms. The molecule has 1 aromatic heterocycles. The van der Waals surface area contributed by atoms with Crippen LogP contribution >= 0.6 is 0 Å². The first kappa shape index (κ1) is 12.8. The second-order valence-electron chi connectivity index (χ2n) is 3.32.